The third kappa shape index (κ3) is 4.47. The van der Waals surface area contributed by atoms with Crippen LogP contribution in [0.4, 0.5) is 0 Å². The summed E-state index contributed by atoms with van der Waals surface area (Å²) in [6.45, 7) is 9.62. The number of fused-ring (bicyclic) bond motifs is 2. The Hall–Kier alpha value is -3.42. The lowest BCUT2D eigenvalue weighted by atomic mass is 9.96. The highest BCUT2D eigenvalue weighted by Crippen LogP contribution is 2.34. The number of carbonyl (C=O) groups is 1. The van der Waals surface area contributed by atoms with E-state index in [1.54, 1.807) is 31.4 Å². The molecular formula is C29H28ClN3O3S. The smallest absolute Gasteiger partial charge is 0.338 e. The van der Waals surface area contributed by atoms with Gasteiger partial charge in [-0.05, 0) is 58.4 Å². The number of rotatable bonds is 5. The number of carbonyl (C=O) groups excluding carboxylic acids is 1. The van der Waals surface area contributed by atoms with Crippen molar-refractivity contribution in [3.8, 4) is 0 Å². The van der Waals surface area contributed by atoms with Gasteiger partial charge in [0, 0.05) is 33.7 Å². The summed E-state index contributed by atoms with van der Waals surface area (Å²) in [5, 5.41) is 1.54. The molecule has 0 amide bonds. The number of para-hydroxylation sites is 1. The van der Waals surface area contributed by atoms with Crippen molar-refractivity contribution in [2.75, 3.05) is 0 Å². The Morgan fingerprint density at radius 1 is 1.11 bits per heavy atom. The van der Waals surface area contributed by atoms with Crippen LogP contribution in [0.15, 0.2) is 75.8 Å². The molecule has 4 aromatic rings. The van der Waals surface area contributed by atoms with Crippen molar-refractivity contribution in [1.82, 2.24) is 9.13 Å². The maximum Gasteiger partial charge on any atom is 0.338 e. The number of esters is 1. The molecule has 6 nitrogen and oxygen atoms in total. The number of halogens is 1. The van der Waals surface area contributed by atoms with Crippen molar-refractivity contribution in [1.29, 1.82) is 0 Å². The fourth-order valence-electron chi connectivity index (χ4n) is 4.77. The minimum atomic E-state index is -0.740. The molecular weight excluding hydrogens is 506 g/mol. The number of nitrogens with zero attached hydrogens (tertiary/aromatic N) is 3. The van der Waals surface area contributed by atoms with Crippen molar-refractivity contribution < 1.29 is 9.53 Å². The Balaban J connectivity index is 1.76. The average Bonchev–Trinajstić information content (AvgIpc) is 3.36. The summed E-state index contributed by atoms with van der Waals surface area (Å²) in [5.41, 5.74) is 3.33. The van der Waals surface area contributed by atoms with Crippen LogP contribution < -0.4 is 14.9 Å². The summed E-state index contributed by atoms with van der Waals surface area (Å²) in [6.07, 6.45) is 3.68. The van der Waals surface area contributed by atoms with Gasteiger partial charge in [0.15, 0.2) is 4.80 Å². The molecule has 0 aliphatic carbocycles. The Labute approximate surface area is 223 Å². The van der Waals surface area contributed by atoms with Crippen LogP contribution in [-0.2, 0) is 9.53 Å². The van der Waals surface area contributed by atoms with Crippen molar-refractivity contribution >= 4 is 45.9 Å². The summed E-state index contributed by atoms with van der Waals surface area (Å²) in [7, 11) is 0. The highest BCUT2D eigenvalue weighted by atomic mass is 35.5. The first-order chi connectivity index (χ1) is 17.7. The Morgan fingerprint density at radius 3 is 2.51 bits per heavy atom. The van der Waals surface area contributed by atoms with Gasteiger partial charge in [-0.3, -0.25) is 9.36 Å². The first-order valence-corrected chi connectivity index (χ1v) is 13.4. The van der Waals surface area contributed by atoms with Crippen LogP contribution in [-0.4, -0.2) is 21.2 Å². The highest BCUT2D eigenvalue weighted by Gasteiger charge is 2.34. The zero-order valence-electron chi connectivity index (χ0n) is 21.4. The van der Waals surface area contributed by atoms with Crippen molar-refractivity contribution in [3.63, 3.8) is 0 Å². The molecule has 0 fully saturated rings. The molecule has 0 bridgehead atoms. The lowest BCUT2D eigenvalue weighted by Crippen LogP contribution is -2.40. The molecule has 2 aromatic carbocycles. The zero-order chi connectivity index (χ0) is 26.4. The summed E-state index contributed by atoms with van der Waals surface area (Å²) >= 11 is 7.91. The minimum Gasteiger partial charge on any atom is -0.459 e. The number of hydrogen-bond acceptors (Lipinski definition) is 5. The SMILES string of the molecule is CC1=C(C(=O)OC(C)C)C(c2ccccc2Cl)n2c(sc(=Cc3cn(C(C)C)c4ccccc34)c2=O)=N1. The van der Waals surface area contributed by atoms with Gasteiger partial charge in [0.05, 0.1) is 21.9 Å². The van der Waals surface area contributed by atoms with Gasteiger partial charge in [-0.25, -0.2) is 9.79 Å². The van der Waals surface area contributed by atoms with Gasteiger partial charge >= 0.3 is 5.97 Å². The monoisotopic (exact) mass is 533 g/mol. The molecule has 1 unspecified atom stereocenters. The van der Waals surface area contributed by atoms with Crippen LogP contribution in [0, 0.1) is 0 Å². The van der Waals surface area contributed by atoms with Crippen LogP contribution in [0.3, 0.4) is 0 Å². The molecule has 0 radical (unpaired) electrons. The van der Waals surface area contributed by atoms with E-state index >= 15 is 0 Å². The maximum atomic E-state index is 13.9. The molecule has 190 valence electrons. The molecule has 0 saturated carbocycles. The molecule has 5 rings (SSSR count). The average molecular weight is 534 g/mol. The van der Waals surface area contributed by atoms with Gasteiger partial charge in [0.1, 0.15) is 6.04 Å². The molecule has 0 saturated heterocycles. The molecule has 0 spiro atoms. The van der Waals surface area contributed by atoms with Gasteiger partial charge in [-0.2, -0.15) is 0 Å². The molecule has 0 N–H and O–H groups in total. The van der Waals surface area contributed by atoms with E-state index < -0.39 is 12.0 Å². The Bertz CT molecular complexity index is 1740. The van der Waals surface area contributed by atoms with E-state index in [4.69, 9.17) is 16.3 Å². The summed E-state index contributed by atoms with van der Waals surface area (Å²) < 4.78 is 9.87. The molecule has 1 aliphatic heterocycles. The number of hydrogen-bond donors (Lipinski definition) is 0. The van der Waals surface area contributed by atoms with Crippen LogP contribution in [0.25, 0.3) is 17.0 Å². The lowest BCUT2D eigenvalue weighted by molar-refractivity contribution is -0.143. The summed E-state index contributed by atoms with van der Waals surface area (Å²) in [5.74, 6) is -0.504. The third-order valence-corrected chi connectivity index (χ3v) is 7.73. The van der Waals surface area contributed by atoms with E-state index in [2.05, 4.69) is 41.7 Å². The van der Waals surface area contributed by atoms with E-state index in [0.717, 1.165) is 16.5 Å². The first-order valence-electron chi connectivity index (χ1n) is 12.2. The predicted molar refractivity (Wildman–Crippen MR) is 149 cm³/mol. The van der Waals surface area contributed by atoms with Crippen LogP contribution in [0.5, 0.6) is 0 Å². The largest absolute Gasteiger partial charge is 0.459 e. The first kappa shape index (κ1) is 25.2. The van der Waals surface area contributed by atoms with Gasteiger partial charge in [-0.15, -0.1) is 0 Å². The highest BCUT2D eigenvalue weighted by molar-refractivity contribution is 7.07. The molecule has 37 heavy (non-hydrogen) atoms. The molecule has 8 heteroatoms. The zero-order valence-corrected chi connectivity index (χ0v) is 22.9. The van der Waals surface area contributed by atoms with Crippen molar-refractivity contribution in [3.05, 3.63) is 102 Å². The third-order valence-electron chi connectivity index (χ3n) is 6.40. The fraction of sp³-hybridized carbons (Fsp3) is 0.276. The van der Waals surface area contributed by atoms with Crippen LogP contribution in [0.2, 0.25) is 5.02 Å². The number of ether oxygens (including phenoxy) is 1. The number of benzene rings is 2. The summed E-state index contributed by atoms with van der Waals surface area (Å²) in [6, 6.07) is 15.0. The topological polar surface area (TPSA) is 65.6 Å². The van der Waals surface area contributed by atoms with Crippen LogP contribution >= 0.6 is 22.9 Å². The van der Waals surface area contributed by atoms with Crippen molar-refractivity contribution in [2.45, 2.75) is 52.8 Å². The van der Waals surface area contributed by atoms with E-state index in [1.807, 2.05) is 36.4 Å². The van der Waals surface area contributed by atoms with Crippen LogP contribution in [0.1, 0.15) is 57.8 Å². The molecule has 2 aromatic heterocycles. The molecule has 3 heterocycles. The van der Waals surface area contributed by atoms with Gasteiger partial charge < -0.3 is 9.30 Å². The number of allylic oxidation sites excluding steroid dienone is 1. The molecule has 1 atom stereocenters. The van der Waals surface area contributed by atoms with Gasteiger partial charge in [-0.1, -0.05) is 59.3 Å². The normalized spacial score (nSPS) is 16.0. The van der Waals surface area contributed by atoms with E-state index in [1.165, 1.54) is 11.3 Å². The second kappa shape index (κ2) is 9.80. The van der Waals surface area contributed by atoms with E-state index in [0.29, 0.717) is 31.2 Å². The summed E-state index contributed by atoms with van der Waals surface area (Å²) in [4.78, 5) is 32.4. The maximum absolute atomic E-state index is 13.9. The standard InChI is InChI=1S/C29H28ClN3O3S/c1-16(2)32-15-19(20-10-7-9-13-23(20)32)14-24-27(34)33-26(21-11-6-8-12-22(21)30)25(28(35)36-17(3)4)18(5)31-29(33)37-24/h6-17,26H,1-5H3. The quantitative estimate of drug-likeness (QED) is 0.324. The van der Waals surface area contributed by atoms with Crippen molar-refractivity contribution in [2.24, 2.45) is 4.99 Å². The number of aromatic nitrogens is 2. The van der Waals surface area contributed by atoms with E-state index in [-0.39, 0.29) is 17.7 Å². The second-order valence-corrected chi connectivity index (χ2v) is 11.1. The Morgan fingerprint density at radius 2 is 1.81 bits per heavy atom. The second-order valence-electron chi connectivity index (χ2n) is 9.66. The lowest BCUT2D eigenvalue weighted by Gasteiger charge is -2.26. The fourth-order valence-corrected chi connectivity index (χ4v) is 6.04. The van der Waals surface area contributed by atoms with Gasteiger partial charge in [0.25, 0.3) is 5.56 Å². The minimum absolute atomic E-state index is 0.225. The Kier molecular flexibility index (Phi) is 6.68. The predicted octanol–water partition coefficient (Wildman–Crippen LogP) is 5.38. The van der Waals surface area contributed by atoms with Gasteiger partial charge in [0.2, 0.25) is 0 Å². The molecule has 1 aliphatic rings. The number of thiazole rings is 1. The van der Waals surface area contributed by atoms with E-state index in [9.17, 15) is 9.59 Å².